The Morgan fingerprint density at radius 3 is 2.19 bits per heavy atom. The fourth-order valence-corrected chi connectivity index (χ4v) is 1.65. The van der Waals surface area contributed by atoms with Crippen molar-refractivity contribution >= 4 is 23.6 Å². The molecular formula is C15H18N2O4. The van der Waals surface area contributed by atoms with Gasteiger partial charge in [0.15, 0.2) is 0 Å². The van der Waals surface area contributed by atoms with Gasteiger partial charge in [0.25, 0.3) is 5.91 Å². The molecule has 0 aliphatic rings. The first kappa shape index (κ1) is 16.4. The minimum atomic E-state index is -1.19. The maximum Gasteiger partial charge on any atom is 0.331 e. The summed E-state index contributed by atoms with van der Waals surface area (Å²) in [6.45, 7) is 4.52. The van der Waals surface area contributed by atoms with Gasteiger partial charge in [-0.05, 0) is 32.4 Å². The van der Waals surface area contributed by atoms with E-state index in [1.807, 2.05) is 19.1 Å². The Hall–Kier alpha value is -2.63. The monoisotopic (exact) mass is 290 g/mol. The zero-order chi connectivity index (χ0) is 16.2. The van der Waals surface area contributed by atoms with Crippen LogP contribution in [0.2, 0.25) is 0 Å². The van der Waals surface area contributed by atoms with Crippen molar-refractivity contribution in [2.75, 3.05) is 11.9 Å². The molecule has 0 radical (unpaired) electrons. The van der Waals surface area contributed by atoms with Crippen LogP contribution in [-0.4, -0.2) is 30.1 Å². The van der Waals surface area contributed by atoms with Crippen molar-refractivity contribution in [2.24, 2.45) is 0 Å². The molecule has 0 atom stereocenters. The lowest BCUT2D eigenvalue weighted by Crippen LogP contribution is -2.41. The lowest BCUT2D eigenvalue weighted by atomic mass is 10.1. The molecule has 1 aromatic rings. The molecule has 0 aliphatic heterocycles. The van der Waals surface area contributed by atoms with Crippen LogP contribution in [0.3, 0.4) is 0 Å². The number of benzene rings is 1. The highest BCUT2D eigenvalue weighted by Gasteiger charge is 2.18. The van der Waals surface area contributed by atoms with Crippen molar-refractivity contribution in [2.45, 2.75) is 20.8 Å². The molecule has 3 amide bonds. The lowest BCUT2D eigenvalue weighted by molar-refractivity contribution is -0.133. The molecule has 21 heavy (non-hydrogen) atoms. The Morgan fingerprint density at radius 2 is 1.67 bits per heavy atom. The molecule has 0 aliphatic carbocycles. The van der Waals surface area contributed by atoms with E-state index in [0.717, 1.165) is 5.56 Å². The number of hydrogen-bond acceptors (Lipinski definition) is 3. The van der Waals surface area contributed by atoms with E-state index in [1.54, 1.807) is 12.1 Å². The van der Waals surface area contributed by atoms with Gasteiger partial charge >= 0.3 is 12.0 Å². The standard InChI is InChI=1S/C15H18N2O4/c1-9-7-5-6-8-12(9)17(4)15(21)16-13(18)10(2)11(3)14(19)20/h5-8H,1-4H3,(H,19,20)(H,16,18,21). The molecule has 0 bridgehead atoms. The number of anilines is 1. The molecule has 6 nitrogen and oxygen atoms in total. The highest BCUT2D eigenvalue weighted by atomic mass is 16.4. The van der Waals surface area contributed by atoms with Crippen LogP contribution >= 0.6 is 0 Å². The number of carboxylic acids is 1. The first-order valence-corrected chi connectivity index (χ1v) is 6.31. The van der Waals surface area contributed by atoms with Crippen molar-refractivity contribution in [1.29, 1.82) is 0 Å². The minimum Gasteiger partial charge on any atom is -0.478 e. The second-order valence-electron chi connectivity index (χ2n) is 4.66. The first-order chi connectivity index (χ1) is 9.75. The van der Waals surface area contributed by atoms with E-state index in [9.17, 15) is 14.4 Å². The van der Waals surface area contributed by atoms with Gasteiger partial charge in [-0.15, -0.1) is 0 Å². The van der Waals surface area contributed by atoms with Crippen molar-refractivity contribution in [3.8, 4) is 0 Å². The molecular weight excluding hydrogens is 272 g/mol. The van der Waals surface area contributed by atoms with Crippen LogP contribution in [0, 0.1) is 6.92 Å². The Balaban J connectivity index is 2.87. The zero-order valence-electron chi connectivity index (χ0n) is 12.4. The fourth-order valence-electron chi connectivity index (χ4n) is 1.65. The minimum absolute atomic E-state index is 0.00552. The Morgan fingerprint density at radius 1 is 1.10 bits per heavy atom. The first-order valence-electron chi connectivity index (χ1n) is 6.31. The third kappa shape index (κ3) is 3.92. The molecule has 0 spiro atoms. The molecule has 0 aromatic heterocycles. The summed E-state index contributed by atoms with van der Waals surface area (Å²) in [6, 6.07) is 6.62. The number of amides is 3. The third-order valence-electron chi connectivity index (χ3n) is 3.23. The molecule has 0 unspecified atom stereocenters. The van der Waals surface area contributed by atoms with Gasteiger partial charge in [-0.2, -0.15) is 0 Å². The number of nitrogens with one attached hydrogen (secondary N) is 1. The van der Waals surface area contributed by atoms with Gasteiger partial charge < -0.3 is 5.11 Å². The van der Waals surface area contributed by atoms with Gasteiger partial charge in [0.2, 0.25) is 0 Å². The third-order valence-corrected chi connectivity index (χ3v) is 3.23. The number of imide groups is 1. The van der Waals surface area contributed by atoms with Crippen LogP contribution in [0.4, 0.5) is 10.5 Å². The summed E-state index contributed by atoms with van der Waals surface area (Å²) in [7, 11) is 1.54. The van der Waals surface area contributed by atoms with Crippen LogP contribution < -0.4 is 10.2 Å². The molecule has 0 fully saturated rings. The van der Waals surface area contributed by atoms with E-state index in [-0.39, 0.29) is 11.1 Å². The van der Waals surface area contributed by atoms with Gasteiger partial charge in [-0.25, -0.2) is 9.59 Å². The number of hydrogen-bond donors (Lipinski definition) is 2. The molecule has 2 N–H and O–H groups in total. The summed E-state index contributed by atoms with van der Waals surface area (Å²) in [6.07, 6.45) is 0. The smallest absolute Gasteiger partial charge is 0.331 e. The van der Waals surface area contributed by atoms with E-state index in [4.69, 9.17) is 5.11 Å². The summed E-state index contributed by atoms with van der Waals surface area (Å²) in [5, 5.41) is 11.0. The van der Waals surface area contributed by atoms with Gasteiger partial charge in [-0.3, -0.25) is 15.0 Å². The summed E-state index contributed by atoms with van der Waals surface area (Å²) in [4.78, 5) is 36.0. The van der Waals surface area contributed by atoms with Gasteiger partial charge in [0, 0.05) is 23.9 Å². The zero-order valence-corrected chi connectivity index (χ0v) is 12.4. The predicted octanol–water partition coefficient (Wildman–Crippen LogP) is 2.09. The van der Waals surface area contributed by atoms with Gasteiger partial charge in [0.05, 0.1) is 0 Å². The van der Waals surface area contributed by atoms with Crippen molar-refractivity contribution < 1.29 is 19.5 Å². The molecule has 0 heterocycles. The summed E-state index contributed by atoms with van der Waals surface area (Å²) in [5.41, 5.74) is 1.45. The highest BCUT2D eigenvalue weighted by molar-refractivity contribution is 6.10. The SMILES string of the molecule is CC(C(=O)O)=C(C)C(=O)NC(=O)N(C)c1ccccc1C. The average molecular weight is 290 g/mol. The summed E-state index contributed by atoms with van der Waals surface area (Å²) in [5.74, 6) is -1.91. The largest absolute Gasteiger partial charge is 0.478 e. The van der Waals surface area contributed by atoms with E-state index < -0.39 is 17.9 Å². The molecule has 112 valence electrons. The predicted molar refractivity (Wildman–Crippen MR) is 79.1 cm³/mol. The topological polar surface area (TPSA) is 86.7 Å². The molecule has 1 rings (SSSR count). The molecule has 1 aromatic carbocycles. The normalized spacial score (nSPS) is 11.4. The van der Waals surface area contributed by atoms with Crippen LogP contribution in [0.15, 0.2) is 35.4 Å². The number of aliphatic carboxylic acids is 1. The number of urea groups is 1. The number of nitrogens with zero attached hydrogens (tertiary/aromatic N) is 1. The Bertz CT molecular complexity index is 620. The number of rotatable bonds is 3. The van der Waals surface area contributed by atoms with Gasteiger partial charge in [0.1, 0.15) is 0 Å². The van der Waals surface area contributed by atoms with E-state index in [1.165, 1.54) is 25.8 Å². The summed E-state index contributed by atoms with van der Waals surface area (Å²) >= 11 is 0. The summed E-state index contributed by atoms with van der Waals surface area (Å²) < 4.78 is 0. The Kier molecular flexibility index (Phi) is 5.24. The van der Waals surface area contributed by atoms with Crippen LogP contribution in [0.5, 0.6) is 0 Å². The number of para-hydroxylation sites is 1. The van der Waals surface area contributed by atoms with E-state index in [0.29, 0.717) is 5.69 Å². The lowest BCUT2D eigenvalue weighted by Gasteiger charge is -2.19. The quantitative estimate of drug-likeness (QED) is 0.834. The van der Waals surface area contributed by atoms with Crippen LogP contribution in [0.25, 0.3) is 0 Å². The number of carboxylic acid groups (broad SMARTS) is 1. The number of carbonyl (C=O) groups is 3. The van der Waals surface area contributed by atoms with Gasteiger partial charge in [-0.1, -0.05) is 18.2 Å². The van der Waals surface area contributed by atoms with E-state index in [2.05, 4.69) is 5.32 Å². The maximum atomic E-state index is 12.0. The molecule has 6 heteroatoms. The Labute approximate surface area is 123 Å². The van der Waals surface area contributed by atoms with Crippen LogP contribution in [0.1, 0.15) is 19.4 Å². The number of aryl methyl sites for hydroxylation is 1. The number of carbonyl (C=O) groups excluding carboxylic acids is 2. The molecule has 0 saturated carbocycles. The fraction of sp³-hybridized carbons (Fsp3) is 0.267. The second-order valence-corrected chi connectivity index (χ2v) is 4.66. The van der Waals surface area contributed by atoms with Crippen molar-refractivity contribution in [3.05, 3.63) is 41.0 Å². The van der Waals surface area contributed by atoms with Crippen molar-refractivity contribution in [1.82, 2.24) is 5.32 Å². The molecule has 0 saturated heterocycles. The second kappa shape index (κ2) is 6.69. The van der Waals surface area contributed by atoms with Crippen LogP contribution in [-0.2, 0) is 9.59 Å². The van der Waals surface area contributed by atoms with E-state index >= 15 is 0 Å². The van der Waals surface area contributed by atoms with Crippen molar-refractivity contribution in [3.63, 3.8) is 0 Å². The highest BCUT2D eigenvalue weighted by Crippen LogP contribution is 2.17. The average Bonchev–Trinajstić information content (AvgIpc) is 2.45. The maximum absolute atomic E-state index is 12.0.